The van der Waals surface area contributed by atoms with E-state index in [1.54, 1.807) is 6.92 Å². The first-order chi connectivity index (χ1) is 15.5. The fraction of sp³-hybridized carbons (Fsp3) is 0.462. The van der Waals surface area contributed by atoms with Crippen molar-refractivity contribution < 1.29 is 14.3 Å². The number of amides is 2. The van der Waals surface area contributed by atoms with E-state index in [-0.39, 0.29) is 23.8 Å². The number of carbonyl (C=O) groups is 2. The Hall–Kier alpha value is -2.86. The van der Waals surface area contributed by atoms with E-state index in [2.05, 4.69) is 41.3 Å². The quantitative estimate of drug-likeness (QED) is 0.732. The number of hydrogen-bond acceptors (Lipinski definition) is 4. The van der Waals surface area contributed by atoms with Crippen molar-refractivity contribution in [2.75, 3.05) is 47.5 Å². The minimum atomic E-state index is -0.0392. The van der Waals surface area contributed by atoms with Gasteiger partial charge in [0.2, 0.25) is 11.8 Å². The topological polar surface area (TPSA) is 53.1 Å². The van der Waals surface area contributed by atoms with Gasteiger partial charge in [-0.25, -0.2) is 0 Å². The van der Waals surface area contributed by atoms with E-state index in [1.165, 1.54) is 5.69 Å². The van der Waals surface area contributed by atoms with Crippen LogP contribution in [0.3, 0.4) is 0 Å². The van der Waals surface area contributed by atoms with Crippen molar-refractivity contribution in [2.45, 2.75) is 39.2 Å². The summed E-state index contributed by atoms with van der Waals surface area (Å²) in [5, 5.41) is 0. The molecule has 1 aliphatic carbocycles. The van der Waals surface area contributed by atoms with E-state index < -0.39 is 0 Å². The lowest BCUT2D eigenvalue weighted by atomic mass is 9.84. The third kappa shape index (κ3) is 3.77. The van der Waals surface area contributed by atoms with Crippen LogP contribution in [0.15, 0.2) is 42.5 Å². The molecule has 0 radical (unpaired) electrons. The number of rotatable bonds is 3. The maximum Gasteiger partial charge on any atom is 0.230 e. The number of ether oxygens (including phenoxy) is 1. The van der Waals surface area contributed by atoms with Gasteiger partial charge >= 0.3 is 0 Å². The maximum atomic E-state index is 13.2. The van der Waals surface area contributed by atoms with E-state index in [1.807, 2.05) is 22.8 Å². The molecule has 2 fully saturated rings. The molecule has 6 heteroatoms. The van der Waals surface area contributed by atoms with Gasteiger partial charge in [0, 0.05) is 38.2 Å². The van der Waals surface area contributed by atoms with Gasteiger partial charge in [0.05, 0.1) is 30.6 Å². The molecule has 1 atom stereocenters. The Labute approximate surface area is 189 Å². The molecule has 0 bridgehead atoms. The van der Waals surface area contributed by atoms with Gasteiger partial charge in [-0.3, -0.25) is 9.59 Å². The molecule has 1 unspecified atom stereocenters. The molecular formula is C26H31N3O3. The first-order valence-electron chi connectivity index (χ1n) is 11.7. The van der Waals surface area contributed by atoms with E-state index in [9.17, 15) is 9.59 Å². The van der Waals surface area contributed by atoms with Gasteiger partial charge < -0.3 is 19.4 Å². The van der Waals surface area contributed by atoms with Gasteiger partial charge in [0.15, 0.2) is 0 Å². The molecule has 2 amide bonds. The molecule has 32 heavy (non-hydrogen) atoms. The van der Waals surface area contributed by atoms with Crippen LogP contribution in [-0.4, -0.2) is 50.7 Å². The van der Waals surface area contributed by atoms with E-state index in [0.29, 0.717) is 6.54 Å². The molecule has 3 aliphatic rings. The van der Waals surface area contributed by atoms with Gasteiger partial charge in [-0.1, -0.05) is 24.6 Å². The molecule has 2 aromatic carbocycles. The van der Waals surface area contributed by atoms with E-state index in [4.69, 9.17) is 4.74 Å². The fourth-order valence-electron chi connectivity index (χ4n) is 5.06. The first kappa shape index (κ1) is 21.0. The number of carbonyl (C=O) groups excluding carboxylic acids is 2. The van der Waals surface area contributed by atoms with Crippen molar-refractivity contribution in [3.63, 3.8) is 0 Å². The average Bonchev–Trinajstić information content (AvgIpc) is 2.77. The molecule has 2 heterocycles. The largest absolute Gasteiger partial charge is 0.378 e. The Morgan fingerprint density at radius 1 is 0.938 bits per heavy atom. The minimum absolute atomic E-state index is 0.0112. The smallest absolute Gasteiger partial charge is 0.230 e. The lowest BCUT2D eigenvalue weighted by Gasteiger charge is -2.43. The van der Waals surface area contributed by atoms with E-state index >= 15 is 0 Å². The van der Waals surface area contributed by atoms with Crippen molar-refractivity contribution in [1.82, 2.24) is 0 Å². The highest BCUT2D eigenvalue weighted by molar-refractivity contribution is 6.05. The van der Waals surface area contributed by atoms with Crippen LogP contribution >= 0.6 is 0 Å². The summed E-state index contributed by atoms with van der Waals surface area (Å²) in [4.78, 5) is 31.7. The molecule has 2 aromatic rings. The minimum Gasteiger partial charge on any atom is -0.378 e. The zero-order chi connectivity index (χ0) is 22.2. The number of fused-ring (bicyclic) bond motifs is 1. The zero-order valence-electron chi connectivity index (χ0n) is 18.9. The van der Waals surface area contributed by atoms with Crippen LogP contribution in [0.4, 0.5) is 17.1 Å². The normalized spacial score (nSPS) is 21.2. The highest BCUT2D eigenvalue weighted by atomic mass is 16.5. The molecule has 0 aromatic heterocycles. The van der Waals surface area contributed by atoms with Gasteiger partial charge in [0.1, 0.15) is 0 Å². The molecule has 1 saturated carbocycles. The molecule has 5 rings (SSSR count). The summed E-state index contributed by atoms with van der Waals surface area (Å²) in [6, 6.07) is 14.7. The Balaban J connectivity index is 1.48. The lowest BCUT2D eigenvalue weighted by Crippen LogP contribution is -2.53. The van der Waals surface area contributed by atoms with Crippen LogP contribution in [0, 0.1) is 5.92 Å². The van der Waals surface area contributed by atoms with Gasteiger partial charge in [0.25, 0.3) is 0 Å². The van der Waals surface area contributed by atoms with Crippen molar-refractivity contribution in [1.29, 1.82) is 0 Å². The van der Waals surface area contributed by atoms with Crippen LogP contribution in [0.1, 0.15) is 33.1 Å². The number of hydrogen-bond donors (Lipinski definition) is 0. The molecule has 2 aliphatic heterocycles. The summed E-state index contributed by atoms with van der Waals surface area (Å²) in [6.07, 6.45) is 3.07. The lowest BCUT2D eigenvalue weighted by molar-refractivity contribution is -0.125. The van der Waals surface area contributed by atoms with Crippen LogP contribution in [0.5, 0.6) is 0 Å². The van der Waals surface area contributed by atoms with Gasteiger partial charge in [-0.05, 0) is 55.2 Å². The molecule has 0 N–H and O–H groups in total. The second kappa shape index (κ2) is 8.58. The molecule has 168 valence electrons. The van der Waals surface area contributed by atoms with Gasteiger partial charge in [-0.15, -0.1) is 0 Å². The van der Waals surface area contributed by atoms with Crippen molar-refractivity contribution in [3.05, 3.63) is 42.5 Å². The van der Waals surface area contributed by atoms with Crippen molar-refractivity contribution >= 4 is 28.9 Å². The predicted molar refractivity (Wildman–Crippen MR) is 127 cm³/mol. The van der Waals surface area contributed by atoms with Crippen LogP contribution in [0.2, 0.25) is 0 Å². The van der Waals surface area contributed by atoms with Crippen LogP contribution in [-0.2, 0) is 14.3 Å². The van der Waals surface area contributed by atoms with Crippen LogP contribution in [0.25, 0.3) is 11.1 Å². The predicted octanol–water partition coefficient (Wildman–Crippen LogP) is 4.08. The first-order valence-corrected chi connectivity index (χ1v) is 11.7. The fourth-order valence-corrected chi connectivity index (χ4v) is 5.06. The summed E-state index contributed by atoms with van der Waals surface area (Å²) < 4.78 is 5.46. The Morgan fingerprint density at radius 2 is 1.62 bits per heavy atom. The van der Waals surface area contributed by atoms with Gasteiger partial charge in [-0.2, -0.15) is 0 Å². The molecule has 6 nitrogen and oxygen atoms in total. The summed E-state index contributed by atoms with van der Waals surface area (Å²) in [5.41, 5.74) is 5.05. The summed E-state index contributed by atoms with van der Waals surface area (Å²) in [5.74, 6) is 0.333. The summed E-state index contributed by atoms with van der Waals surface area (Å²) in [6.45, 7) is 7.52. The monoisotopic (exact) mass is 433 g/mol. The van der Waals surface area contributed by atoms with E-state index in [0.717, 1.165) is 68.1 Å². The molecule has 0 spiro atoms. The Morgan fingerprint density at radius 3 is 2.25 bits per heavy atom. The Bertz CT molecular complexity index is 1010. The Kier molecular flexibility index (Phi) is 5.64. The second-order valence-corrected chi connectivity index (χ2v) is 9.16. The van der Waals surface area contributed by atoms with Crippen LogP contribution < -0.4 is 14.7 Å². The number of nitrogens with zero attached hydrogens (tertiary/aromatic N) is 3. The average molecular weight is 434 g/mol. The second-order valence-electron chi connectivity index (χ2n) is 9.16. The maximum absolute atomic E-state index is 13.2. The zero-order valence-corrected chi connectivity index (χ0v) is 18.9. The third-order valence-electron chi connectivity index (χ3n) is 7.05. The third-order valence-corrected chi connectivity index (χ3v) is 7.05. The summed E-state index contributed by atoms with van der Waals surface area (Å²) >= 11 is 0. The number of anilines is 3. The highest BCUT2D eigenvalue weighted by Gasteiger charge is 2.37. The van der Waals surface area contributed by atoms with Crippen molar-refractivity contribution in [2.24, 2.45) is 5.92 Å². The molecular weight excluding hydrogens is 402 g/mol. The van der Waals surface area contributed by atoms with Crippen molar-refractivity contribution in [3.8, 4) is 11.1 Å². The standard InChI is InChI=1S/C26H31N3O3/c1-18-17-28(26(31)21-4-3-5-21)25-16-22(8-11-24(25)29(18)19(2)30)20-6-9-23(10-7-20)27-12-14-32-15-13-27/h6-11,16,18,21H,3-5,12-15,17H2,1-2H3. The number of morpholine rings is 1. The SMILES string of the molecule is CC(=O)N1c2ccc(-c3ccc(N4CCOCC4)cc3)cc2N(C(=O)C2CCC2)CC1C. The molecule has 1 saturated heterocycles. The number of benzene rings is 2. The highest BCUT2D eigenvalue weighted by Crippen LogP contribution is 2.41. The summed E-state index contributed by atoms with van der Waals surface area (Å²) in [7, 11) is 0.